The highest BCUT2D eigenvalue weighted by Gasteiger charge is 2.43. The Kier molecular flexibility index (Phi) is 7.39. The summed E-state index contributed by atoms with van der Waals surface area (Å²) in [5.74, 6) is 1.68. The molecule has 0 unspecified atom stereocenters. The molecule has 9 heteroatoms. The lowest BCUT2D eigenvalue weighted by Gasteiger charge is -2.42. The van der Waals surface area contributed by atoms with Crippen LogP contribution in [0.4, 0.5) is 0 Å². The second kappa shape index (κ2) is 10.9. The number of para-hydroxylation sites is 1. The van der Waals surface area contributed by atoms with Crippen molar-refractivity contribution in [3.05, 3.63) is 53.6 Å². The van der Waals surface area contributed by atoms with Gasteiger partial charge in [-0.1, -0.05) is 18.6 Å². The maximum atomic E-state index is 13.7. The fraction of sp³-hybridized carbons (Fsp3) is 0.536. The summed E-state index contributed by atoms with van der Waals surface area (Å²) in [6.45, 7) is 2.29. The zero-order chi connectivity index (χ0) is 25.8. The number of hydrogen-bond acceptors (Lipinski definition) is 6. The molecule has 0 atom stereocenters. The molecular formula is C28H35N5O4. The van der Waals surface area contributed by atoms with Crippen LogP contribution >= 0.6 is 0 Å². The normalized spacial score (nSPS) is 21.0. The van der Waals surface area contributed by atoms with Gasteiger partial charge in [-0.2, -0.15) is 0 Å². The Labute approximate surface area is 217 Å². The number of rotatable bonds is 2. The van der Waals surface area contributed by atoms with Gasteiger partial charge in [0.2, 0.25) is 5.91 Å². The SMILES string of the molecule is CN1CCOc2ccccc2C(=O)NCCCCC2(CCN(C(=O)c3cnc(C4CC4)nc3)CC2)C1=O. The minimum atomic E-state index is -0.524. The van der Waals surface area contributed by atoms with Gasteiger partial charge in [0.1, 0.15) is 18.2 Å². The summed E-state index contributed by atoms with van der Waals surface area (Å²) in [5.41, 5.74) is 0.488. The number of carbonyl (C=O) groups is 3. The molecule has 2 aromatic rings. The summed E-state index contributed by atoms with van der Waals surface area (Å²) >= 11 is 0. The van der Waals surface area contributed by atoms with E-state index in [9.17, 15) is 14.4 Å². The molecule has 3 aliphatic rings. The molecule has 0 radical (unpaired) electrons. The number of ether oxygens (including phenoxy) is 1. The molecule has 1 saturated carbocycles. The molecule has 1 aromatic carbocycles. The number of nitrogens with zero attached hydrogens (tertiary/aromatic N) is 4. The van der Waals surface area contributed by atoms with Gasteiger partial charge in [-0.3, -0.25) is 14.4 Å². The van der Waals surface area contributed by atoms with Crippen LogP contribution in [0.15, 0.2) is 36.7 Å². The van der Waals surface area contributed by atoms with Gasteiger partial charge in [0.05, 0.1) is 23.1 Å². The van der Waals surface area contributed by atoms with E-state index in [4.69, 9.17) is 4.74 Å². The standard InChI is InChI=1S/C28H35N5O4/c1-32-16-17-37-23-7-3-2-6-22(23)25(34)29-13-5-4-10-28(27(32)36)11-14-33(15-12-28)26(35)21-18-30-24(31-19-21)20-8-9-20/h2-3,6-7,18-20H,4-5,8-17H2,1H3,(H,29,34). The van der Waals surface area contributed by atoms with Crippen molar-refractivity contribution >= 4 is 17.7 Å². The van der Waals surface area contributed by atoms with Crippen LogP contribution in [0, 0.1) is 5.41 Å². The second-order valence-electron chi connectivity index (χ2n) is 10.5. The van der Waals surface area contributed by atoms with Gasteiger partial charge in [-0.25, -0.2) is 9.97 Å². The number of aromatic nitrogens is 2. The Morgan fingerprint density at radius 3 is 2.49 bits per heavy atom. The van der Waals surface area contributed by atoms with Gasteiger partial charge in [0.25, 0.3) is 11.8 Å². The smallest absolute Gasteiger partial charge is 0.256 e. The highest BCUT2D eigenvalue weighted by Crippen LogP contribution is 2.39. The van der Waals surface area contributed by atoms with E-state index in [0.717, 1.165) is 37.9 Å². The number of piperidine rings is 1. The van der Waals surface area contributed by atoms with E-state index >= 15 is 0 Å². The molecular weight excluding hydrogens is 470 g/mol. The van der Waals surface area contributed by atoms with E-state index < -0.39 is 5.41 Å². The average Bonchev–Trinajstić information content (AvgIpc) is 3.78. The van der Waals surface area contributed by atoms with Crippen LogP contribution < -0.4 is 10.1 Å². The first-order valence-corrected chi connectivity index (χ1v) is 13.3. The number of amides is 3. The fourth-order valence-corrected chi connectivity index (χ4v) is 5.36. The molecule has 1 aromatic heterocycles. The Hall–Kier alpha value is -3.49. The van der Waals surface area contributed by atoms with Crippen molar-refractivity contribution in [2.24, 2.45) is 5.41 Å². The van der Waals surface area contributed by atoms with Crippen molar-refractivity contribution < 1.29 is 19.1 Å². The molecule has 3 heterocycles. The Morgan fingerprint density at radius 1 is 1.03 bits per heavy atom. The topological polar surface area (TPSA) is 105 Å². The number of fused-ring (bicyclic) bond motifs is 1. The zero-order valence-corrected chi connectivity index (χ0v) is 21.4. The Bertz CT molecular complexity index is 1140. The molecule has 1 N–H and O–H groups in total. The van der Waals surface area contributed by atoms with Crippen LogP contribution in [0.1, 0.15) is 77.4 Å². The molecule has 0 bridgehead atoms. The van der Waals surface area contributed by atoms with Crippen LogP contribution in [0.25, 0.3) is 0 Å². The van der Waals surface area contributed by atoms with E-state index in [1.807, 2.05) is 24.1 Å². The number of likely N-dealkylation sites (N-methyl/N-ethyl adjacent to an activating group) is 1. The Balaban J connectivity index is 1.25. The maximum Gasteiger partial charge on any atom is 0.256 e. The summed E-state index contributed by atoms with van der Waals surface area (Å²) in [6, 6.07) is 7.18. The molecule has 3 amide bonds. The summed E-state index contributed by atoms with van der Waals surface area (Å²) < 4.78 is 5.90. The lowest BCUT2D eigenvalue weighted by molar-refractivity contribution is -0.144. The van der Waals surface area contributed by atoms with Gasteiger partial charge in [-0.15, -0.1) is 0 Å². The third kappa shape index (κ3) is 5.60. The summed E-state index contributed by atoms with van der Waals surface area (Å²) in [4.78, 5) is 51.8. The predicted molar refractivity (Wildman–Crippen MR) is 137 cm³/mol. The van der Waals surface area contributed by atoms with E-state index in [1.54, 1.807) is 29.4 Å². The zero-order valence-electron chi connectivity index (χ0n) is 21.4. The molecule has 1 aliphatic carbocycles. The van der Waals surface area contributed by atoms with Gasteiger partial charge in [-0.05, 0) is 50.7 Å². The third-order valence-corrected chi connectivity index (χ3v) is 7.85. The monoisotopic (exact) mass is 505 g/mol. The predicted octanol–water partition coefficient (Wildman–Crippen LogP) is 3.03. The fourth-order valence-electron chi connectivity index (χ4n) is 5.36. The van der Waals surface area contributed by atoms with E-state index in [1.165, 1.54) is 0 Å². The van der Waals surface area contributed by atoms with Crippen LogP contribution in [-0.2, 0) is 4.79 Å². The van der Waals surface area contributed by atoms with Gasteiger partial charge in [0.15, 0.2) is 0 Å². The van der Waals surface area contributed by atoms with Gasteiger partial charge >= 0.3 is 0 Å². The highest BCUT2D eigenvalue weighted by molar-refractivity contribution is 5.97. The van der Waals surface area contributed by atoms with Crippen molar-refractivity contribution in [2.45, 2.75) is 50.9 Å². The van der Waals surface area contributed by atoms with E-state index in [-0.39, 0.29) is 17.7 Å². The highest BCUT2D eigenvalue weighted by atomic mass is 16.5. The number of hydrogen-bond donors (Lipinski definition) is 1. The summed E-state index contributed by atoms with van der Waals surface area (Å²) in [7, 11) is 1.81. The average molecular weight is 506 g/mol. The number of carbonyl (C=O) groups excluding carboxylic acids is 3. The molecule has 2 fully saturated rings. The lowest BCUT2D eigenvalue weighted by atomic mass is 9.73. The number of likely N-dealkylation sites (tertiary alicyclic amines) is 1. The van der Waals surface area contributed by atoms with E-state index in [2.05, 4.69) is 15.3 Å². The van der Waals surface area contributed by atoms with Crippen molar-refractivity contribution in [3.63, 3.8) is 0 Å². The van der Waals surface area contributed by atoms with Crippen molar-refractivity contribution in [3.8, 4) is 5.75 Å². The molecule has 9 nitrogen and oxygen atoms in total. The van der Waals surface area contributed by atoms with Crippen molar-refractivity contribution in [1.82, 2.24) is 25.1 Å². The minimum absolute atomic E-state index is 0.0753. The van der Waals surface area contributed by atoms with E-state index in [0.29, 0.717) is 68.4 Å². The van der Waals surface area contributed by atoms with Crippen LogP contribution in [0.5, 0.6) is 5.75 Å². The molecule has 1 spiro atoms. The van der Waals surface area contributed by atoms with Gasteiger partial charge in [0, 0.05) is 45.0 Å². The van der Waals surface area contributed by atoms with Crippen LogP contribution in [0.2, 0.25) is 0 Å². The number of nitrogens with one attached hydrogen (secondary N) is 1. The first-order valence-electron chi connectivity index (χ1n) is 13.3. The molecule has 37 heavy (non-hydrogen) atoms. The molecule has 196 valence electrons. The summed E-state index contributed by atoms with van der Waals surface area (Å²) in [5, 5.41) is 2.98. The molecule has 1 saturated heterocycles. The quantitative estimate of drug-likeness (QED) is 0.673. The molecule has 2 aliphatic heterocycles. The van der Waals surface area contributed by atoms with Crippen LogP contribution in [0.3, 0.4) is 0 Å². The molecule has 5 rings (SSSR count). The van der Waals surface area contributed by atoms with Crippen molar-refractivity contribution in [2.75, 3.05) is 39.8 Å². The number of benzene rings is 1. The van der Waals surface area contributed by atoms with Crippen LogP contribution in [-0.4, -0.2) is 77.3 Å². The first-order chi connectivity index (χ1) is 18.0. The maximum absolute atomic E-state index is 13.7. The Morgan fingerprint density at radius 2 is 1.76 bits per heavy atom. The third-order valence-electron chi connectivity index (χ3n) is 7.85. The van der Waals surface area contributed by atoms with Gasteiger partial charge < -0.3 is 19.9 Å². The first kappa shape index (κ1) is 25.2. The van der Waals surface area contributed by atoms with Crippen molar-refractivity contribution in [1.29, 1.82) is 0 Å². The largest absolute Gasteiger partial charge is 0.491 e. The summed E-state index contributed by atoms with van der Waals surface area (Å²) in [6.07, 6.45) is 9.07. The second-order valence-corrected chi connectivity index (χ2v) is 10.5. The lowest BCUT2D eigenvalue weighted by Crippen LogP contribution is -2.51. The minimum Gasteiger partial charge on any atom is -0.491 e.